The number of aromatic nitrogens is 2. The van der Waals surface area contributed by atoms with Crippen LogP contribution in [-0.2, 0) is 6.54 Å². The number of aryl methyl sites for hydroxylation is 1. The van der Waals surface area contributed by atoms with Gasteiger partial charge < -0.3 is 15.5 Å². The van der Waals surface area contributed by atoms with Crippen molar-refractivity contribution in [3.8, 4) is 0 Å². The number of hydrogen-bond acceptors (Lipinski definition) is 6. The van der Waals surface area contributed by atoms with Crippen molar-refractivity contribution in [1.82, 2.24) is 15.3 Å². The molecule has 5 nitrogen and oxygen atoms in total. The van der Waals surface area contributed by atoms with E-state index in [4.69, 9.17) is 9.97 Å². The number of rotatable bonds is 7. The van der Waals surface area contributed by atoms with Crippen molar-refractivity contribution >= 4 is 44.1 Å². The second-order valence-electron chi connectivity index (χ2n) is 9.42. The maximum absolute atomic E-state index is 4.82. The Morgan fingerprint density at radius 2 is 1.67 bits per heavy atom. The molecule has 0 spiro atoms. The molecule has 1 saturated carbocycles. The maximum Gasteiger partial charge on any atom is 0.225 e. The molecule has 0 unspecified atom stereocenters. The van der Waals surface area contributed by atoms with Crippen LogP contribution in [0.4, 0.5) is 11.8 Å². The topological polar surface area (TPSA) is 53.1 Å². The quantitative estimate of drug-likeness (QED) is 0.356. The SMILES string of the molecule is Cc1c(CNC[C@H]2CC[C@@H](Nc3nc(N(C)C)c4ccccc4n3)CC2)sc2ccccc12. The molecule has 1 fully saturated rings. The van der Waals surface area contributed by atoms with E-state index in [9.17, 15) is 0 Å². The zero-order valence-corrected chi connectivity index (χ0v) is 20.6. The average Bonchev–Trinajstić information content (AvgIpc) is 3.15. The highest BCUT2D eigenvalue weighted by molar-refractivity contribution is 7.19. The lowest BCUT2D eigenvalue weighted by molar-refractivity contribution is 0.324. The molecule has 0 saturated heterocycles. The van der Waals surface area contributed by atoms with Gasteiger partial charge in [0.1, 0.15) is 5.82 Å². The van der Waals surface area contributed by atoms with E-state index in [1.54, 1.807) is 0 Å². The maximum atomic E-state index is 4.82. The number of thiophene rings is 1. The van der Waals surface area contributed by atoms with Gasteiger partial charge in [-0.2, -0.15) is 4.98 Å². The van der Waals surface area contributed by atoms with Crippen LogP contribution in [0.15, 0.2) is 48.5 Å². The van der Waals surface area contributed by atoms with E-state index in [0.29, 0.717) is 6.04 Å². The fraction of sp³-hybridized carbons (Fsp3) is 0.407. The fourth-order valence-corrected chi connectivity index (χ4v) is 6.12. The number of fused-ring (bicyclic) bond motifs is 2. The van der Waals surface area contributed by atoms with Crippen LogP contribution in [0.25, 0.3) is 21.0 Å². The molecule has 0 radical (unpaired) electrons. The Labute approximate surface area is 200 Å². The van der Waals surface area contributed by atoms with E-state index in [1.807, 2.05) is 37.6 Å². The van der Waals surface area contributed by atoms with Gasteiger partial charge in [0.15, 0.2) is 0 Å². The molecule has 2 aromatic carbocycles. The van der Waals surface area contributed by atoms with Gasteiger partial charge in [-0.05, 0) is 74.2 Å². The number of hydrogen-bond donors (Lipinski definition) is 2. The Morgan fingerprint density at radius 3 is 2.42 bits per heavy atom. The first-order valence-electron chi connectivity index (χ1n) is 12.0. The van der Waals surface area contributed by atoms with Crippen molar-refractivity contribution in [2.75, 3.05) is 30.9 Å². The largest absolute Gasteiger partial charge is 0.362 e. The molecule has 0 amide bonds. The van der Waals surface area contributed by atoms with Gasteiger partial charge in [-0.25, -0.2) is 4.98 Å². The molecule has 172 valence electrons. The van der Waals surface area contributed by atoms with E-state index in [-0.39, 0.29) is 0 Å². The molecule has 5 rings (SSSR count). The van der Waals surface area contributed by atoms with E-state index < -0.39 is 0 Å². The average molecular weight is 460 g/mol. The Kier molecular flexibility index (Phi) is 6.47. The van der Waals surface area contributed by atoms with Crippen LogP contribution in [-0.4, -0.2) is 36.6 Å². The first-order valence-corrected chi connectivity index (χ1v) is 12.8. The highest BCUT2D eigenvalue weighted by atomic mass is 32.1. The third kappa shape index (κ3) is 4.82. The number of nitrogens with zero attached hydrogens (tertiary/aromatic N) is 3. The first kappa shape index (κ1) is 22.1. The van der Waals surface area contributed by atoms with Crippen LogP contribution in [0.3, 0.4) is 0 Å². The van der Waals surface area contributed by atoms with E-state index in [1.165, 1.54) is 46.2 Å². The summed E-state index contributed by atoms with van der Waals surface area (Å²) < 4.78 is 1.40. The van der Waals surface area contributed by atoms with Crippen molar-refractivity contribution in [2.45, 2.75) is 45.2 Å². The molecule has 2 N–H and O–H groups in total. The summed E-state index contributed by atoms with van der Waals surface area (Å²) in [4.78, 5) is 13.1. The predicted octanol–water partition coefficient (Wildman–Crippen LogP) is 5.98. The molecule has 2 heterocycles. The Hall–Kier alpha value is -2.70. The third-order valence-electron chi connectivity index (χ3n) is 6.85. The van der Waals surface area contributed by atoms with Crippen LogP contribution in [0.2, 0.25) is 0 Å². The summed E-state index contributed by atoms with van der Waals surface area (Å²) in [5.41, 5.74) is 2.43. The molecule has 33 heavy (non-hydrogen) atoms. The minimum Gasteiger partial charge on any atom is -0.362 e. The van der Waals surface area contributed by atoms with Gasteiger partial charge in [0.05, 0.1) is 5.52 Å². The smallest absolute Gasteiger partial charge is 0.225 e. The highest BCUT2D eigenvalue weighted by Crippen LogP contribution is 2.31. The molecular formula is C27H33N5S. The number of benzene rings is 2. The van der Waals surface area contributed by atoms with Gasteiger partial charge in [0, 0.05) is 41.6 Å². The third-order valence-corrected chi connectivity index (χ3v) is 8.12. The van der Waals surface area contributed by atoms with Crippen molar-refractivity contribution in [3.63, 3.8) is 0 Å². The number of nitrogens with one attached hydrogen (secondary N) is 2. The molecule has 0 bridgehead atoms. The number of anilines is 2. The zero-order valence-electron chi connectivity index (χ0n) is 19.8. The van der Waals surface area contributed by atoms with Crippen LogP contribution < -0.4 is 15.5 Å². The lowest BCUT2D eigenvalue weighted by Gasteiger charge is -2.29. The van der Waals surface area contributed by atoms with Gasteiger partial charge in [-0.1, -0.05) is 30.3 Å². The summed E-state index contributed by atoms with van der Waals surface area (Å²) >= 11 is 1.93. The molecule has 0 atom stereocenters. The second-order valence-corrected chi connectivity index (χ2v) is 10.6. The van der Waals surface area contributed by atoms with Gasteiger partial charge in [-0.15, -0.1) is 11.3 Å². The van der Waals surface area contributed by atoms with Crippen molar-refractivity contribution < 1.29 is 0 Å². The summed E-state index contributed by atoms with van der Waals surface area (Å²) in [6.07, 6.45) is 4.82. The lowest BCUT2D eigenvalue weighted by Crippen LogP contribution is -2.31. The standard InChI is InChI=1S/C27H33N5S/c1-18-21-8-5-7-11-24(21)33-25(18)17-28-16-19-12-14-20(15-13-19)29-27-30-23-10-6-4-9-22(23)26(31-27)32(2)3/h4-11,19-20,28H,12-17H2,1-3H3,(H,29,30,31)/t19-,20+. The van der Waals surface area contributed by atoms with Crippen molar-refractivity contribution in [2.24, 2.45) is 5.92 Å². The first-order chi connectivity index (χ1) is 16.1. The highest BCUT2D eigenvalue weighted by Gasteiger charge is 2.22. The van der Waals surface area contributed by atoms with E-state index in [0.717, 1.165) is 41.7 Å². The zero-order chi connectivity index (χ0) is 22.8. The molecular weight excluding hydrogens is 426 g/mol. The second kappa shape index (κ2) is 9.65. The lowest BCUT2D eigenvalue weighted by atomic mass is 9.86. The normalized spacial score (nSPS) is 18.6. The van der Waals surface area contributed by atoms with Gasteiger partial charge in [0.2, 0.25) is 5.95 Å². The van der Waals surface area contributed by atoms with E-state index in [2.05, 4.69) is 58.9 Å². The Balaban J connectivity index is 1.14. The number of para-hydroxylation sites is 1. The Bertz CT molecular complexity index is 1240. The summed E-state index contributed by atoms with van der Waals surface area (Å²) in [6, 6.07) is 17.4. The minimum absolute atomic E-state index is 0.447. The van der Waals surface area contributed by atoms with Gasteiger partial charge in [-0.3, -0.25) is 0 Å². The summed E-state index contributed by atoms with van der Waals surface area (Å²) in [7, 11) is 4.08. The summed E-state index contributed by atoms with van der Waals surface area (Å²) in [5, 5.41) is 9.86. The fourth-order valence-electron chi connectivity index (χ4n) is 4.94. The van der Waals surface area contributed by atoms with Crippen LogP contribution in [0.1, 0.15) is 36.1 Å². The molecule has 6 heteroatoms. The van der Waals surface area contributed by atoms with Gasteiger partial charge >= 0.3 is 0 Å². The van der Waals surface area contributed by atoms with Crippen molar-refractivity contribution in [3.05, 3.63) is 59.0 Å². The molecule has 1 aliphatic rings. The summed E-state index contributed by atoms with van der Waals surface area (Å²) in [6.45, 7) is 4.32. The Morgan fingerprint density at radius 1 is 0.939 bits per heavy atom. The monoisotopic (exact) mass is 459 g/mol. The van der Waals surface area contributed by atoms with Crippen LogP contribution in [0.5, 0.6) is 0 Å². The minimum atomic E-state index is 0.447. The van der Waals surface area contributed by atoms with Gasteiger partial charge in [0.25, 0.3) is 0 Å². The predicted molar refractivity (Wildman–Crippen MR) is 142 cm³/mol. The summed E-state index contributed by atoms with van der Waals surface area (Å²) in [5.74, 6) is 2.46. The van der Waals surface area contributed by atoms with Crippen LogP contribution >= 0.6 is 11.3 Å². The van der Waals surface area contributed by atoms with E-state index >= 15 is 0 Å². The molecule has 2 aromatic heterocycles. The molecule has 0 aliphatic heterocycles. The molecule has 1 aliphatic carbocycles. The van der Waals surface area contributed by atoms with Crippen molar-refractivity contribution in [1.29, 1.82) is 0 Å². The van der Waals surface area contributed by atoms with Crippen LogP contribution in [0, 0.1) is 12.8 Å². The molecule has 4 aromatic rings.